The molecule has 3 aromatic rings. The summed E-state index contributed by atoms with van der Waals surface area (Å²) in [6.07, 6.45) is 2.84. The number of nitrogen functional groups attached to an aromatic ring is 1. The first-order valence-electron chi connectivity index (χ1n) is 10.9. The van der Waals surface area contributed by atoms with Crippen molar-refractivity contribution in [2.45, 2.75) is 39.3 Å². The number of hydrogen-bond donors (Lipinski definition) is 1. The quantitative estimate of drug-likeness (QED) is 0.690. The predicted molar refractivity (Wildman–Crippen MR) is 122 cm³/mol. The molecule has 1 fully saturated rings. The van der Waals surface area contributed by atoms with E-state index in [-0.39, 0.29) is 12.3 Å². The minimum absolute atomic E-state index is 0.0152. The Morgan fingerprint density at radius 3 is 2.65 bits per heavy atom. The number of rotatable bonds is 5. The molecule has 0 radical (unpaired) electrons. The van der Waals surface area contributed by atoms with E-state index in [1.807, 2.05) is 0 Å². The normalized spacial score (nSPS) is 16.2. The second-order valence-electron chi connectivity index (χ2n) is 8.46. The number of anilines is 2. The van der Waals surface area contributed by atoms with Gasteiger partial charge in [0.15, 0.2) is 0 Å². The van der Waals surface area contributed by atoms with E-state index in [1.165, 1.54) is 42.6 Å². The Morgan fingerprint density at radius 2 is 1.81 bits per heavy atom. The lowest BCUT2D eigenvalue weighted by molar-refractivity contribution is -0.117. The number of nitrogens with zero attached hydrogens (tertiary/aromatic N) is 4. The van der Waals surface area contributed by atoms with Gasteiger partial charge < -0.3 is 5.73 Å². The van der Waals surface area contributed by atoms with E-state index in [1.54, 1.807) is 11.8 Å². The summed E-state index contributed by atoms with van der Waals surface area (Å²) in [5.41, 5.74) is 11.6. The van der Waals surface area contributed by atoms with Gasteiger partial charge in [-0.1, -0.05) is 42.5 Å². The number of carbonyl (C=O) groups is 1. The number of fused-ring (bicyclic) bond motifs is 1. The van der Waals surface area contributed by atoms with Gasteiger partial charge >= 0.3 is 0 Å². The zero-order valence-corrected chi connectivity index (χ0v) is 17.8. The summed E-state index contributed by atoms with van der Waals surface area (Å²) in [4.78, 5) is 25.7. The van der Waals surface area contributed by atoms with Crippen LogP contribution in [0.15, 0.2) is 48.5 Å². The minimum atomic E-state index is 0.0152. The van der Waals surface area contributed by atoms with E-state index in [0.717, 1.165) is 17.7 Å². The number of carbonyl (C=O) groups excluding carboxylic acids is 1. The molecule has 31 heavy (non-hydrogen) atoms. The number of likely N-dealkylation sites (tertiary alicyclic amines) is 1. The maximum absolute atomic E-state index is 12.7. The fraction of sp³-hybridized carbons (Fsp3) is 0.320. The molecule has 3 heterocycles. The first kappa shape index (κ1) is 19.7. The fourth-order valence-corrected chi connectivity index (χ4v) is 4.66. The maximum atomic E-state index is 12.7. The third kappa shape index (κ3) is 3.91. The van der Waals surface area contributed by atoms with Gasteiger partial charge in [-0.25, -0.2) is 9.97 Å². The smallest absolute Gasteiger partial charge is 0.233 e. The maximum Gasteiger partial charge on any atom is 0.233 e. The largest absolute Gasteiger partial charge is 0.383 e. The molecule has 1 aromatic heterocycles. The van der Waals surface area contributed by atoms with Crippen LogP contribution in [0, 0.1) is 6.92 Å². The first-order valence-corrected chi connectivity index (χ1v) is 10.9. The van der Waals surface area contributed by atoms with Crippen LogP contribution < -0.4 is 10.6 Å². The van der Waals surface area contributed by atoms with Gasteiger partial charge in [0, 0.05) is 12.1 Å². The van der Waals surface area contributed by atoms with Gasteiger partial charge in [0.05, 0.1) is 13.0 Å². The third-order valence-electron chi connectivity index (χ3n) is 6.20. The Hall–Kier alpha value is -3.25. The molecule has 158 valence electrons. The fourth-order valence-electron chi connectivity index (χ4n) is 4.66. The van der Waals surface area contributed by atoms with Crippen molar-refractivity contribution in [1.82, 2.24) is 14.9 Å². The van der Waals surface area contributed by atoms with Gasteiger partial charge in [-0.05, 0) is 61.2 Å². The average Bonchev–Trinajstić information content (AvgIpc) is 3.38. The Kier molecular flexibility index (Phi) is 5.16. The van der Waals surface area contributed by atoms with Crippen LogP contribution in [0.2, 0.25) is 0 Å². The zero-order chi connectivity index (χ0) is 21.4. The molecule has 2 aliphatic heterocycles. The van der Waals surface area contributed by atoms with Crippen molar-refractivity contribution in [3.8, 4) is 11.1 Å². The second-order valence-corrected chi connectivity index (χ2v) is 8.46. The molecule has 2 aromatic carbocycles. The third-order valence-corrected chi connectivity index (χ3v) is 6.20. The highest BCUT2D eigenvalue weighted by atomic mass is 16.2. The number of nitrogens with two attached hydrogens (primary N) is 1. The number of aromatic nitrogens is 2. The van der Waals surface area contributed by atoms with Crippen LogP contribution in [0.25, 0.3) is 11.1 Å². The molecule has 0 unspecified atom stereocenters. The van der Waals surface area contributed by atoms with Gasteiger partial charge in [0.1, 0.15) is 17.5 Å². The lowest BCUT2D eigenvalue weighted by Crippen LogP contribution is -2.26. The van der Waals surface area contributed by atoms with E-state index in [4.69, 9.17) is 5.73 Å². The van der Waals surface area contributed by atoms with Crippen LogP contribution in [0.4, 0.5) is 11.6 Å². The lowest BCUT2D eigenvalue weighted by Gasteiger charge is -2.19. The average molecular weight is 414 g/mol. The van der Waals surface area contributed by atoms with Gasteiger partial charge in [0.2, 0.25) is 5.91 Å². The topological polar surface area (TPSA) is 75.3 Å². The summed E-state index contributed by atoms with van der Waals surface area (Å²) in [5.74, 6) is 1.65. The van der Waals surface area contributed by atoms with E-state index < -0.39 is 0 Å². The number of hydrogen-bond acceptors (Lipinski definition) is 5. The monoisotopic (exact) mass is 413 g/mol. The summed E-state index contributed by atoms with van der Waals surface area (Å²) >= 11 is 0. The molecule has 0 atom stereocenters. The van der Waals surface area contributed by atoms with E-state index in [0.29, 0.717) is 24.0 Å². The van der Waals surface area contributed by atoms with Gasteiger partial charge in [0.25, 0.3) is 0 Å². The molecule has 0 aliphatic carbocycles. The van der Waals surface area contributed by atoms with Gasteiger partial charge in [-0.3, -0.25) is 14.6 Å². The molecule has 0 spiro atoms. The summed E-state index contributed by atoms with van der Waals surface area (Å²) in [5, 5.41) is 0. The first-order chi connectivity index (χ1) is 15.1. The zero-order valence-electron chi connectivity index (χ0n) is 17.8. The molecule has 2 N–H and O–H groups in total. The molecular weight excluding hydrogens is 386 g/mol. The summed E-state index contributed by atoms with van der Waals surface area (Å²) in [7, 11) is 0. The van der Waals surface area contributed by atoms with Crippen molar-refractivity contribution in [2.75, 3.05) is 23.7 Å². The summed E-state index contributed by atoms with van der Waals surface area (Å²) in [6, 6.07) is 17.1. The van der Waals surface area contributed by atoms with Crippen LogP contribution in [0.1, 0.15) is 35.4 Å². The Labute approximate surface area is 182 Å². The van der Waals surface area contributed by atoms with Crippen molar-refractivity contribution in [3.05, 3.63) is 71.0 Å². The van der Waals surface area contributed by atoms with Crippen LogP contribution in [-0.4, -0.2) is 33.9 Å². The molecule has 1 saturated heterocycles. The second kappa shape index (κ2) is 8.12. The molecule has 2 aliphatic rings. The summed E-state index contributed by atoms with van der Waals surface area (Å²) in [6.45, 7) is 5.61. The standard InChI is InChI=1S/C25H27N5O/c1-17-27-24(26)22-14-23(31)30(25(22)28-17)15-18-7-6-9-19(13-18)21-10-3-2-8-20(21)16-29-11-4-5-12-29/h2-3,6-10,13H,4-5,11-12,14-16H2,1H3,(H2,26,27,28). The molecule has 1 amide bonds. The highest BCUT2D eigenvalue weighted by Crippen LogP contribution is 2.32. The van der Waals surface area contributed by atoms with Crippen molar-refractivity contribution < 1.29 is 4.79 Å². The number of aryl methyl sites for hydroxylation is 1. The molecular formula is C25H27N5O. The Bertz CT molecular complexity index is 1140. The van der Waals surface area contributed by atoms with Gasteiger partial charge in [-0.2, -0.15) is 0 Å². The predicted octanol–water partition coefficient (Wildman–Crippen LogP) is 3.72. The van der Waals surface area contributed by atoms with E-state index >= 15 is 0 Å². The van der Waals surface area contributed by atoms with Crippen molar-refractivity contribution in [2.24, 2.45) is 0 Å². The summed E-state index contributed by atoms with van der Waals surface area (Å²) < 4.78 is 0. The minimum Gasteiger partial charge on any atom is -0.383 e. The number of benzene rings is 2. The molecule has 6 heteroatoms. The van der Waals surface area contributed by atoms with Gasteiger partial charge in [-0.15, -0.1) is 0 Å². The van der Waals surface area contributed by atoms with E-state index in [9.17, 15) is 4.79 Å². The van der Waals surface area contributed by atoms with Crippen LogP contribution in [0.3, 0.4) is 0 Å². The van der Waals surface area contributed by atoms with E-state index in [2.05, 4.69) is 63.4 Å². The molecule has 0 saturated carbocycles. The molecule has 6 nitrogen and oxygen atoms in total. The molecule has 5 rings (SSSR count). The van der Waals surface area contributed by atoms with Crippen LogP contribution in [-0.2, 0) is 24.3 Å². The highest BCUT2D eigenvalue weighted by molar-refractivity contribution is 6.01. The van der Waals surface area contributed by atoms with Crippen molar-refractivity contribution in [3.63, 3.8) is 0 Å². The Morgan fingerprint density at radius 1 is 1.00 bits per heavy atom. The van der Waals surface area contributed by atoms with Crippen molar-refractivity contribution >= 4 is 17.5 Å². The molecule has 0 bridgehead atoms. The Balaban J connectivity index is 1.43. The lowest BCUT2D eigenvalue weighted by atomic mass is 9.97. The SMILES string of the molecule is Cc1nc(N)c2c(n1)N(Cc1cccc(-c3ccccc3CN3CCCC3)c1)C(=O)C2. The van der Waals surface area contributed by atoms with Crippen LogP contribution in [0.5, 0.6) is 0 Å². The van der Waals surface area contributed by atoms with Crippen molar-refractivity contribution in [1.29, 1.82) is 0 Å². The highest BCUT2D eigenvalue weighted by Gasteiger charge is 2.31. The number of amides is 1. The van der Waals surface area contributed by atoms with Crippen LogP contribution >= 0.6 is 0 Å².